The number of anilines is 1. The summed E-state index contributed by atoms with van der Waals surface area (Å²) < 4.78 is 27.6. The van der Waals surface area contributed by atoms with Crippen LogP contribution in [0.1, 0.15) is 13.3 Å². The average Bonchev–Trinajstić information content (AvgIpc) is 2.28. The molecule has 6 nitrogen and oxygen atoms in total. The van der Waals surface area contributed by atoms with Crippen LogP contribution in [0.25, 0.3) is 0 Å². The summed E-state index contributed by atoms with van der Waals surface area (Å²) in [6, 6.07) is 5.94. The Balaban J connectivity index is 2.76. The average molecular weight is 272 g/mol. The van der Waals surface area contributed by atoms with E-state index in [9.17, 15) is 13.2 Å². The summed E-state index contributed by atoms with van der Waals surface area (Å²) in [6.07, 6.45) is 0.807. The van der Waals surface area contributed by atoms with Crippen LogP contribution in [-0.2, 0) is 19.6 Å². The van der Waals surface area contributed by atoms with E-state index in [-0.39, 0.29) is 17.2 Å². The molecule has 0 fully saturated rings. The van der Waals surface area contributed by atoms with E-state index in [2.05, 4.69) is 5.32 Å². The van der Waals surface area contributed by atoms with Gasteiger partial charge in [-0.1, -0.05) is 19.1 Å². The van der Waals surface area contributed by atoms with Crippen LogP contribution >= 0.6 is 0 Å². The van der Waals surface area contributed by atoms with Gasteiger partial charge in [-0.3, -0.25) is 4.79 Å². The van der Waals surface area contributed by atoms with Crippen molar-refractivity contribution in [2.45, 2.75) is 18.2 Å². The number of benzene rings is 1. The zero-order chi connectivity index (χ0) is 13.6. The first-order valence-electron chi connectivity index (χ1n) is 5.44. The Hall–Kier alpha value is -1.44. The molecule has 0 aromatic heterocycles. The molecule has 0 saturated carbocycles. The van der Waals surface area contributed by atoms with E-state index < -0.39 is 15.9 Å². The highest BCUT2D eigenvalue weighted by molar-refractivity contribution is 7.89. The number of carbonyl (C=O) groups excluding carboxylic acids is 1. The first kappa shape index (κ1) is 14.6. The van der Waals surface area contributed by atoms with Gasteiger partial charge in [0, 0.05) is 6.61 Å². The number of nitrogens with one attached hydrogen (secondary N) is 1. The van der Waals surface area contributed by atoms with Crippen LogP contribution in [-0.4, -0.2) is 27.5 Å². The summed E-state index contributed by atoms with van der Waals surface area (Å²) >= 11 is 0. The lowest BCUT2D eigenvalue weighted by molar-refractivity contribution is -0.120. The fraction of sp³-hybridized carbons (Fsp3) is 0.364. The van der Waals surface area contributed by atoms with Gasteiger partial charge in [0.15, 0.2) is 0 Å². The first-order valence-corrected chi connectivity index (χ1v) is 6.99. The second kappa shape index (κ2) is 6.48. The smallest absolute Gasteiger partial charge is 0.250 e. The molecule has 0 saturated heterocycles. The number of ether oxygens (including phenoxy) is 1. The molecule has 100 valence electrons. The van der Waals surface area contributed by atoms with E-state index in [0.717, 1.165) is 6.42 Å². The molecule has 1 aromatic rings. The number of nitrogens with two attached hydrogens (primary N) is 1. The Morgan fingerprint density at radius 3 is 2.67 bits per heavy atom. The van der Waals surface area contributed by atoms with Gasteiger partial charge >= 0.3 is 0 Å². The van der Waals surface area contributed by atoms with E-state index in [4.69, 9.17) is 9.88 Å². The van der Waals surface area contributed by atoms with Crippen LogP contribution in [0.2, 0.25) is 0 Å². The molecule has 3 N–H and O–H groups in total. The highest BCUT2D eigenvalue weighted by Gasteiger charge is 2.14. The van der Waals surface area contributed by atoms with Crippen molar-refractivity contribution in [3.05, 3.63) is 24.3 Å². The number of hydrogen-bond donors (Lipinski definition) is 2. The minimum atomic E-state index is -3.86. The first-order chi connectivity index (χ1) is 8.45. The van der Waals surface area contributed by atoms with Gasteiger partial charge in [0.1, 0.15) is 11.5 Å². The minimum Gasteiger partial charge on any atom is -0.372 e. The third kappa shape index (κ3) is 4.44. The molecule has 1 amide bonds. The number of sulfonamides is 1. The lowest BCUT2D eigenvalue weighted by Crippen LogP contribution is -2.21. The van der Waals surface area contributed by atoms with Crippen LogP contribution in [0.4, 0.5) is 5.69 Å². The number of rotatable bonds is 6. The van der Waals surface area contributed by atoms with Gasteiger partial charge in [-0.15, -0.1) is 0 Å². The van der Waals surface area contributed by atoms with Crippen molar-refractivity contribution in [2.24, 2.45) is 5.14 Å². The summed E-state index contributed by atoms with van der Waals surface area (Å²) in [5.74, 6) is -0.417. The number of hydrogen-bond acceptors (Lipinski definition) is 4. The molecular weight excluding hydrogens is 256 g/mol. The van der Waals surface area contributed by atoms with Crippen LogP contribution in [0, 0.1) is 0 Å². The van der Waals surface area contributed by atoms with Crippen molar-refractivity contribution < 1.29 is 17.9 Å². The molecule has 0 aliphatic carbocycles. The summed E-state index contributed by atoms with van der Waals surface area (Å²) in [6.45, 7) is 2.28. The predicted octanol–water partition coefficient (Wildman–Crippen LogP) is 0.699. The Kier molecular flexibility index (Phi) is 5.26. The van der Waals surface area contributed by atoms with Gasteiger partial charge in [-0.25, -0.2) is 13.6 Å². The topological polar surface area (TPSA) is 98.5 Å². The Bertz CT molecular complexity index is 514. The standard InChI is InChI=1S/C11H16N2O4S/c1-2-7-17-8-11(14)13-9-5-3-4-6-10(9)18(12,15)16/h3-6H,2,7-8H2,1H3,(H,13,14)(H2,12,15,16). The lowest BCUT2D eigenvalue weighted by Gasteiger charge is -2.09. The van der Waals surface area contributed by atoms with Crippen molar-refractivity contribution in [3.8, 4) is 0 Å². The Labute approximate surface area is 106 Å². The van der Waals surface area contributed by atoms with E-state index in [0.29, 0.717) is 6.61 Å². The molecule has 0 aliphatic heterocycles. The largest absolute Gasteiger partial charge is 0.372 e. The minimum absolute atomic E-state index is 0.117. The van der Waals surface area contributed by atoms with Gasteiger partial charge in [0.2, 0.25) is 15.9 Å². The molecule has 0 bridgehead atoms. The monoisotopic (exact) mass is 272 g/mol. The summed E-state index contributed by atoms with van der Waals surface area (Å²) in [7, 11) is -3.86. The molecular formula is C11H16N2O4S. The van der Waals surface area contributed by atoms with Crippen LogP contribution in [0.3, 0.4) is 0 Å². The molecule has 0 radical (unpaired) electrons. The molecule has 0 atom stereocenters. The SMILES string of the molecule is CCCOCC(=O)Nc1ccccc1S(N)(=O)=O. The Morgan fingerprint density at radius 2 is 2.06 bits per heavy atom. The quantitative estimate of drug-likeness (QED) is 0.745. The van der Waals surface area contributed by atoms with Crippen LogP contribution < -0.4 is 10.5 Å². The molecule has 0 aliphatic rings. The second-order valence-corrected chi connectivity index (χ2v) is 5.17. The maximum Gasteiger partial charge on any atom is 0.250 e. The molecule has 1 aromatic carbocycles. The second-order valence-electron chi connectivity index (χ2n) is 3.64. The number of para-hydroxylation sites is 1. The number of carbonyl (C=O) groups is 1. The van der Waals surface area contributed by atoms with Gasteiger partial charge in [0.05, 0.1) is 5.69 Å². The number of primary sulfonamides is 1. The molecule has 18 heavy (non-hydrogen) atoms. The summed E-state index contributed by atoms with van der Waals surface area (Å²) in [5, 5.41) is 7.50. The zero-order valence-electron chi connectivity index (χ0n) is 10.0. The lowest BCUT2D eigenvalue weighted by atomic mass is 10.3. The van der Waals surface area contributed by atoms with E-state index >= 15 is 0 Å². The van der Waals surface area contributed by atoms with Gasteiger partial charge in [0.25, 0.3) is 0 Å². The van der Waals surface area contributed by atoms with Gasteiger partial charge in [-0.2, -0.15) is 0 Å². The number of amides is 1. The summed E-state index contributed by atoms with van der Waals surface area (Å²) in [4.78, 5) is 11.4. The Morgan fingerprint density at radius 1 is 1.39 bits per heavy atom. The zero-order valence-corrected chi connectivity index (χ0v) is 10.9. The highest BCUT2D eigenvalue weighted by atomic mass is 32.2. The van der Waals surface area contributed by atoms with Crippen molar-refractivity contribution in [1.82, 2.24) is 0 Å². The van der Waals surface area contributed by atoms with E-state index in [1.54, 1.807) is 6.07 Å². The van der Waals surface area contributed by atoms with Gasteiger partial charge in [-0.05, 0) is 18.6 Å². The third-order valence-corrected chi connectivity index (χ3v) is 3.02. The van der Waals surface area contributed by atoms with Crippen molar-refractivity contribution in [3.63, 3.8) is 0 Å². The third-order valence-electron chi connectivity index (χ3n) is 2.05. The predicted molar refractivity (Wildman–Crippen MR) is 67.6 cm³/mol. The molecule has 0 heterocycles. The van der Waals surface area contributed by atoms with Crippen LogP contribution in [0.15, 0.2) is 29.2 Å². The summed E-state index contributed by atoms with van der Waals surface area (Å²) in [5.41, 5.74) is 0.157. The maximum absolute atomic E-state index is 11.5. The fourth-order valence-corrected chi connectivity index (χ4v) is 2.01. The molecule has 7 heteroatoms. The maximum atomic E-state index is 11.5. The van der Waals surface area contributed by atoms with E-state index in [1.807, 2.05) is 6.92 Å². The molecule has 0 spiro atoms. The highest BCUT2D eigenvalue weighted by Crippen LogP contribution is 2.18. The molecule has 1 rings (SSSR count). The molecule has 0 unspecified atom stereocenters. The fourth-order valence-electron chi connectivity index (χ4n) is 1.31. The van der Waals surface area contributed by atoms with Crippen molar-refractivity contribution >= 4 is 21.6 Å². The van der Waals surface area contributed by atoms with Crippen molar-refractivity contribution in [1.29, 1.82) is 0 Å². The van der Waals surface area contributed by atoms with E-state index in [1.165, 1.54) is 18.2 Å². The normalized spacial score (nSPS) is 11.2. The van der Waals surface area contributed by atoms with Gasteiger partial charge < -0.3 is 10.1 Å². The van der Waals surface area contributed by atoms with Crippen molar-refractivity contribution in [2.75, 3.05) is 18.5 Å². The van der Waals surface area contributed by atoms with Crippen LogP contribution in [0.5, 0.6) is 0 Å².